The molecule has 0 atom stereocenters. The van der Waals surface area contributed by atoms with Crippen LogP contribution in [0.5, 0.6) is 0 Å². The molecule has 1 fully saturated rings. The minimum Gasteiger partial charge on any atom is -0.481 e. The molecule has 1 saturated heterocycles. The van der Waals surface area contributed by atoms with Gasteiger partial charge in [-0.2, -0.15) is 0 Å². The number of nitrogens with zero attached hydrogens (tertiary/aromatic N) is 1. The van der Waals surface area contributed by atoms with Gasteiger partial charge >= 0.3 is 12.0 Å². The number of anilines is 1. The van der Waals surface area contributed by atoms with Crippen molar-refractivity contribution < 1.29 is 14.7 Å². The zero-order chi connectivity index (χ0) is 14.0. The zero-order valence-corrected chi connectivity index (χ0v) is 13.1. The van der Waals surface area contributed by atoms with Crippen molar-refractivity contribution in [3.05, 3.63) is 27.1 Å². The Kier molecular flexibility index (Phi) is 4.46. The van der Waals surface area contributed by atoms with E-state index in [1.807, 2.05) is 12.1 Å². The number of rotatable bonds is 3. The average Bonchev–Trinajstić information content (AvgIpc) is 2.27. The number of nitrogens with one attached hydrogen (secondary N) is 1. The molecule has 0 aliphatic carbocycles. The van der Waals surface area contributed by atoms with E-state index in [-0.39, 0.29) is 18.4 Å². The monoisotopic (exact) mass is 390 g/mol. The molecule has 0 bridgehead atoms. The highest BCUT2D eigenvalue weighted by Gasteiger charge is 2.32. The topological polar surface area (TPSA) is 69.6 Å². The molecule has 0 spiro atoms. The van der Waals surface area contributed by atoms with Crippen LogP contribution < -0.4 is 5.32 Å². The first-order chi connectivity index (χ1) is 8.95. The van der Waals surface area contributed by atoms with Gasteiger partial charge in [-0.25, -0.2) is 4.79 Å². The molecule has 0 radical (unpaired) electrons. The number of amides is 2. The van der Waals surface area contributed by atoms with E-state index in [9.17, 15) is 9.59 Å². The van der Waals surface area contributed by atoms with Gasteiger partial charge in [-0.1, -0.05) is 15.9 Å². The van der Waals surface area contributed by atoms with Crippen LogP contribution in [0.4, 0.5) is 10.5 Å². The summed E-state index contributed by atoms with van der Waals surface area (Å²) in [6.45, 7) is 0.980. The lowest BCUT2D eigenvalue weighted by Crippen LogP contribution is -2.52. The normalized spacial score (nSPS) is 14.9. The van der Waals surface area contributed by atoms with Gasteiger partial charge in [-0.3, -0.25) is 4.79 Å². The molecule has 1 aliphatic rings. The van der Waals surface area contributed by atoms with Crippen molar-refractivity contribution in [2.24, 2.45) is 5.92 Å². The molecule has 0 saturated carbocycles. The quantitative estimate of drug-likeness (QED) is 0.831. The fourth-order valence-corrected chi connectivity index (χ4v) is 2.61. The maximum absolute atomic E-state index is 11.9. The van der Waals surface area contributed by atoms with Crippen LogP contribution in [0.25, 0.3) is 0 Å². The summed E-state index contributed by atoms with van der Waals surface area (Å²) in [4.78, 5) is 24.0. The minimum absolute atomic E-state index is 0.0641. The molecule has 0 unspecified atom stereocenters. The summed E-state index contributed by atoms with van der Waals surface area (Å²) in [5.41, 5.74) is 0.682. The Hall–Kier alpha value is -1.08. The summed E-state index contributed by atoms with van der Waals surface area (Å²) in [6, 6.07) is 5.30. The van der Waals surface area contributed by atoms with Crippen LogP contribution >= 0.6 is 31.9 Å². The van der Waals surface area contributed by atoms with Crippen LogP contribution in [0, 0.1) is 5.92 Å². The molecule has 2 rings (SSSR count). The lowest BCUT2D eigenvalue weighted by Gasteiger charge is -2.38. The second-order valence-electron chi connectivity index (χ2n) is 4.42. The molecular weight excluding hydrogens is 380 g/mol. The predicted molar refractivity (Wildman–Crippen MR) is 78.2 cm³/mol. The van der Waals surface area contributed by atoms with E-state index in [0.717, 1.165) is 8.95 Å². The average molecular weight is 392 g/mol. The second-order valence-corrected chi connectivity index (χ2v) is 6.19. The van der Waals surface area contributed by atoms with Gasteiger partial charge < -0.3 is 15.3 Å². The van der Waals surface area contributed by atoms with Gasteiger partial charge in [0.25, 0.3) is 0 Å². The fourth-order valence-electron chi connectivity index (χ4n) is 1.90. The van der Waals surface area contributed by atoms with Crippen molar-refractivity contribution >= 4 is 49.5 Å². The summed E-state index contributed by atoms with van der Waals surface area (Å²) in [5, 5.41) is 11.4. The van der Waals surface area contributed by atoms with Gasteiger partial charge in [-0.05, 0) is 34.1 Å². The van der Waals surface area contributed by atoms with Crippen LogP contribution in [0.2, 0.25) is 0 Å². The number of urea groups is 1. The molecule has 19 heavy (non-hydrogen) atoms. The van der Waals surface area contributed by atoms with Crippen molar-refractivity contribution in [3.8, 4) is 0 Å². The summed E-state index contributed by atoms with van der Waals surface area (Å²) in [6.07, 6.45) is 0.115. The van der Waals surface area contributed by atoms with Crippen molar-refractivity contribution in [3.63, 3.8) is 0 Å². The van der Waals surface area contributed by atoms with Gasteiger partial charge in [0.05, 0.1) is 12.1 Å². The highest BCUT2D eigenvalue weighted by Crippen LogP contribution is 2.27. The largest absolute Gasteiger partial charge is 0.481 e. The number of carboxylic acids is 1. The minimum atomic E-state index is -0.820. The molecule has 2 amide bonds. The first-order valence-electron chi connectivity index (χ1n) is 5.68. The molecule has 1 heterocycles. The molecule has 5 nitrogen and oxygen atoms in total. The van der Waals surface area contributed by atoms with Crippen LogP contribution in [0.15, 0.2) is 27.1 Å². The SMILES string of the molecule is O=C(O)CC1CN(C(=O)Nc2cc(Br)ccc2Br)C1. The van der Waals surface area contributed by atoms with Crippen LogP contribution in [0.3, 0.4) is 0 Å². The maximum atomic E-state index is 11.9. The van der Waals surface area contributed by atoms with Gasteiger partial charge in [-0.15, -0.1) is 0 Å². The smallest absolute Gasteiger partial charge is 0.321 e. The Morgan fingerprint density at radius 3 is 2.68 bits per heavy atom. The van der Waals surface area contributed by atoms with Gasteiger partial charge in [0.1, 0.15) is 0 Å². The van der Waals surface area contributed by atoms with E-state index in [4.69, 9.17) is 5.11 Å². The number of hydrogen-bond acceptors (Lipinski definition) is 2. The van der Waals surface area contributed by atoms with Gasteiger partial charge in [0.15, 0.2) is 0 Å². The summed E-state index contributed by atoms with van der Waals surface area (Å²) in [7, 11) is 0. The lowest BCUT2D eigenvalue weighted by atomic mass is 9.97. The molecule has 2 N–H and O–H groups in total. The first kappa shape index (κ1) is 14.3. The molecular formula is C12H12Br2N2O3. The Morgan fingerprint density at radius 1 is 1.37 bits per heavy atom. The Morgan fingerprint density at radius 2 is 2.05 bits per heavy atom. The summed E-state index contributed by atoms with van der Waals surface area (Å²) >= 11 is 6.70. The predicted octanol–water partition coefficient (Wildman–Crippen LogP) is 3.15. The van der Waals surface area contributed by atoms with Gasteiger partial charge in [0.2, 0.25) is 0 Å². The third-order valence-electron chi connectivity index (χ3n) is 2.88. The highest BCUT2D eigenvalue weighted by atomic mass is 79.9. The standard InChI is InChI=1S/C12H12Br2N2O3/c13-8-1-2-9(14)10(4-8)15-12(19)16-5-7(6-16)3-11(17)18/h1-2,4,7H,3,5-6H2,(H,15,19)(H,17,18). The number of likely N-dealkylation sites (tertiary alicyclic amines) is 1. The maximum Gasteiger partial charge on any atom is 0.321 e. The summed E-state index contributed by atoms with van der Waals surface area (Å²) in [5.74, 6) is -0.756. The van der Waals surface area contributed by atoms with Crippen LogP contribution in [0.1, 0.15) is 6.42 Å². The molecule has 0 aromatic heterocycles. The van der Waals surface area contributed by atoms with E-state index in [1.165, 1.54) is 0 Å². The molecule has 1 aromatic carbocycles. The first-order valence-corrected chi connectivity index (χ1v) is 7.27. The van der Waals surface area contributed by atoms with E-state index in [1.54, 1.807) is 11.0 Å². The highest BCUT2D eigenvalue weighted by molar-refractivity contribution is 9.11. The van der Waals surface area contributed by atoms with E-state index < -0.39 is 5.97 Å². The third kappa shape index (κ3) is 3.70. The Bertz CT molecular complexity index is 516. The number of benzene rings is 1. The van der Waals surface area contributed by atoms with Crippen molar-refractivity contribution in [1.29, 1.82) is 0 Å². The summed E-state index contributed by atoms with van der Waals surface area (Å²) < 4.78 is 1.67. The molecule has 102 valence electrons. The second kappa shape index (κ2) is 5.92. The third-order valence-corrected chi connectivity index (χ3v) is 4.06. The van der Waals surface area contributed by atoms with E-state index in [2.05, 4.69) is 37.2 Å². The Labute approximate surface area is 127 Å². The number of hydrogen-bond donors (Lipinski definition) is 2. The van der Waals surface area contributed by atoms with E-state index >= 15 is 0 Å². The lowest BCUT2D eigenvalue weighted by molar-refractivity contribution is -0.139. The molecule has 7 heteroatoms. The van der Waals surface area contributed by atoms with Gasteiger partial charge in [0, 0.05) is 28.0 Å². The van der Waals surface area contributed by atoms with Crippen LogP contribution in [-0.2, 0) is 4.79 Å². The van der Waals surface area contributed by atoms with Crippen molar-refractivity contribution in [2.45, 2.75) is 6.42 Å². The number of carbonyl (C=O) groups excluding carboxylic acids is 1. The number of halogens is 2. The fraction of sp³-hybridized carbons (Fsp3) is 0.333. The van der Waals surface area contributed by atoms with Crippen LogP contribution in [-0.4, -0.2) is 35.1 Å². The van der Waals surface area contributed by atoms with Crippen molar-refractivity contribution in [2.75, 3.05) is 18.4 Å². The number of carbonyl (C=O) groups is 2. The molecule has 1 aliphatic heterocycles. The number of carboxylic acid groups (broad SMARTS) is 1. The van der Waals surface area contributed by atoms with E-state index in [0.29, 0.717) is 18.8 Å². The molecule has 1 aromatic rings. The zero-order valence-electron chi connectivity index (χ0n) is 9.90. The Balaban J connectivity index is 1.89. The van der Waals surface area contributed by atoms with Crippen molar-refractivity contribution in [1.82, 2.24) is 4.90 Å². The number of aliphatic carboxylic acids is 1.